The van der Waals surface area contributed by atoms with Gasteiger partial charge in [-0.05, 0) is 12.8 Å². The first-order chi connectivity index (χ1) is 6.84. The van der Waals surface area contributed by atoms with E-state index in [1.807, 2.05) is 0 Å². The van der Waals surface area contributed by atoms with Crippen LogP contribution >= 0.6 is 0 Å². The van der Waals surface area contributed by atoms with Gasteiger partial charge in [0.15, 0.2) is 0 Å². The summed E-state index contributed by atoms with van der Waals surface area (Å²) in [5.41, 5.74) is 0. The number of hydrogen-bond acceptors (Lipinski definition) is 4. The molecule has 1 aliphatic rings. The highest BCUT2D eigenvalue weighted by molar-refractivity contribution is 5.77. The molecule has 0 bridgehead atoms. The normalized spacial score (nSPS) is 17.1. The number of rotatable bonds is 5. The number of methoxy groups -OCH3 is 1. The summed E-state index contributed by atoms with van der Waals surface area (Å²) in [5.74, 6) is 0.000744. The molecule has 1 saturated heterocycles. The second-order valence-electron chi connectivity index (χ2n) is 3.21. The lowest BCUT2D eigenvalue weighted by Gasteiger charge is -2.25. The molecule has 5 heteroatoms. The first-order valence-electron chi connectivity index (χ1n) is 4.97. The van der Waals surface area contributed by atoms with Gasteiger partial charge in [0.1, 0.15) is 0 Å². The largest absolute Gasteiger partial charge is 0.383 e. The maximum absolute atomic E-state index is 11.5. The maximum Gasteiger partial charge on any atom is 0.260 e. The fraction of sp³-hybridized carbons (Fsp3) is 0.889. The average molecular weight is 202 g/mol. The zero-order valence-electron chi connectivity index (χ0n) is 8.62. The number of ether oxygens (including phenoxy) is 1. The zero-order valence-corrected chi connectivity index (χ0v) is 8.62. The van der Waals surface area contributed by atoms with E-state index in [4.69, 9.17) is 9.57 Å². The van der Waals surface area contributed by atoms with E-state index in [0.717, 1.165) is 12.8 Å². The second-order valence-corrected chi connectivity index (χ2v) is 3.21. The van der Waals surface area contributed by atoms with Crippen molar-refractivity contribution in [2.45, 2.75) is 12.8 Å². The number of nitrogens with zero attached hydrogens (tertiary/aromatic N) is 1. The molecule has 1 fully saturated rings. The third-order valence-electron chi connectivity index (χ3n) is 2.04. The molecule has 1 amide bonds. The molecule has 0 aromatic heterocycles. The van der Waals surface area contributed by atoms with Gasteiger partial charge in [-0.1, -0.05) is 0 Å². The van der Waals surface area contributed by atoms with Gasteiger partial charge in [-0.3, -0.25) is 9.63 Å². The zero-order chi connectivity index (χ0) is 10.2. The van der Waals surface area contributed by atoms with E-state index < -0.39 is 0 Å². The number of hydroxylamine groups is 2. The Morgan fingerprint density at radius 1 is 1.57 bits per heavy atom. The fourth-order valence-corrected chi connectivity index (χ4v) is 1.25. The van der Waals surface area contributed by atoms with Crippen LogP contribution in [0.2, 0.25) is 0 Å². The van der Waals surface area contributed by atoms with Crippen molar-refractivity contribution in [2.24, 2.45) is 0 Å². The van der Waals surface area contributed by atoms with Crippen LogP contribution in [0.5, 0.6) is 0 Å². The molecule has 0 unspecified atom stereocenters. The highest BCUT2D eigenvalue weighted by atomic mass is 16.7. The molecule has 0 aromatic carbocycles. The number of hydrogen-bond donors (Lipinski definition) is 1. The molecular weight excluding hydrogens is 184 g/mol. The van der Waals surface area contributed by atoms with Gasteiger partial charge in [0.05, 0.1) is 19.8 Å². The van der Waals surface area contributed by atoms with Crippen LogP contribution in [0.3, 0.4) is 0 Å². The van der Waals surface area contributed by atoms with Crippen molar-refractivity contribution in [2.75, 3.05) is 40.0 Å². The highest BCUT2D eigenvalue weighted by Crippen LogP contribution is 2.05. The van der Waals surface area contributed by atoms with Crippen molar-refractivity contribution in [3.8, 4) is 0 Å². The predicted molar refractivity (Wildman–Crippen MR) is 51.6 cm³/mol. The van der Waals surface area contributed by atoms with Crippen molar-refractivity contribution < 1.29 is 14.4 Å². The van der Waals surface area contributed by atoms with Crippen LogP contribution in [0, 0.1) is 0 Å². The third-order valence-corrected chi connectivity index (χ3v) is 2.04. The average Bonchev–Trinajstić information content (AvgIpc) is 2.25. The summed E-state index contributed by atoms with van der Waals surface area (Å²) in [7, 11) is 1.64. The Kier molecular flexibility index (Phi) is 5.51. The molecule has 5 nitrogen and oxygen atoms in total. The molecule has 1 N–H and O–H groups in total. The Morgan fingerprint density at radius 3 is 3.07 bits per heavy atom. The first-order valence-corrected chi connectivity index (χ1v) is 4.97. The topological polar surface area (TPSA) is 50.8 Å². The van der Waals surface area contributed by atoms with Gasteiger partial charge in [0, 0.05) is 20.2 Å². The Bertz CT molecular complexity index is 169. The fourth-order valence-electron chi connectivity index (χ4n) is 1.25. The third kappa shape index (κ3) is 4.04. The molecule has 0 saturated carbocycles. The van der Waals surface area contributed by atoms with E-state index in [-0.39, 0.29) is 5.91 Å². The summed E-state index contributed by atoms with van der Waals surface area (Å²) in [6.07, 6.45) is 2.07. The summed E-state index contributed by atoms with van der Waals surface area (Å²) < 4.78 is 4.85. The molecule has 1 aliphatic heterocycles. The van der Waals surface area contributed by atoms with Gasteiger partial charge in [0.25, 0.3) is 5.91 Å². The molecule has 0 spiro atoms. The van der Waals surface area contributed by atoms with E-state index in [0.29, 0.717) is 32.8 Å². The number of amides is 1. The minimum atomic E-state index is 0.000744. The smallest absolute Gasteiger partial charge is 0.260 e. The van der Waals surface area contributed by atoms with Gasteiger partial charge in [0.2, 0.25) is 0 Å². The molecule has 0 atom stereocenters. The molecule has 0 radical (unpaired) electrons. The van der Waals surface area contributed by atoms with Crippen LogP contribution in [0.15, 0.2) is 0 Å². The van der Waals surface area contributed by atoms with Crippen molar-refractivity contribution >= 4 is 5.91 Å². The molecule has 1 heterocycles. The van der Waals surface area contributed by atoms with Gasteiger partial charge >= 0.3 is 0 Å². The molecule has 1 rings (SSSR count). The summed E-state index contributed by atoms with van der Waals surface area (Å²) in [6.45, 7) is 3.00. The minimum Gasteiger partial charge on any atom is -0.383 e. The van der Waals surface area contributed by atoms with Crippen LogP contribution in [-0.2, 0) is 14.4 Å². The van der Waals surface area contributed by atoms with Gasteiger partial charge in [-0.25, -0.2) is 5.06 Å². The summed E-state index contributed by atoms with van der Waals surface area (Å²) in [6, 6.07) is 0. The lowest BCUT2D eigenvalue weighted by Crippen LogP contribution is -2.41. The highest BCUT2D eigenvalue weighted by Gasteiger charge is 2.16. The summed E-state index contributed by atoms with van der Waals surface area (Å²) in [5, 5.41) is 4.43. The lowest BCUT2D eigenvalue weighted by molar-refractivity contribution is -0.196. The second kappa shape index (κ2) is 6.75. The Hall–Kier alpha value is -0.650. The lowest BCUT2D eigenvalue weighted by atomic mass is 10.3. The van der Waals surface area contributed by atoms with Crippen molar-refractivity contribution in [3.05, 3.63) is 0 Å². The summed E-state index contributed by atoms with van der Waals surface area (Å²) >= 11 is 0. The Morgan fingerprint density at radius 2 is 2.43 bits per heavy atom. The molecular formula is C9H18N2O3. The van der Waals surface area contributed by atoms with E-state index in [1.54, 1.807) is 7.11 Å². The first kappa shape index (κ1) is 11.4. The van der Waals surface area contributed by atoms with Gasteiger partial charge in [-0.15, -0.1) is 0 Å². The van der Waals surface area contributed by atoms with Crippen molar-refractivity contribution in [3.63, 3.8) is 0 Å². The van der Waals surface area contributed by atoms with Crippen LogP contribution < -0.4 is 5.32 Å². The predicted octanol–water partition coefficient (Wildman–Crippen LogP) is -0.224. The molecule has 82 valence electrons. The minimum absolute atomic E-state index is 0.000744. The van der Waals surface area contributed by atoms with Crippen LogP contribution in [0.4, 0.5) is 0 Å². The van der Waals surface area contributed by atoms with Crippen molar-refractivity contribution in [1.82, 2.24) is 10.4 Å². The van der Waals surface area contributed by atoms with Crippen LogP contribution in [0.1, 0.15) is 12.8 Å². The number of nitrogens with one attached hydrogen (secondary N) is 1. The number of carbonyl (C=O) groups is 1. The van der Waals surface area contributed by atoms with Crippen molar-refractivity contribution in [1.29, 1.82) is 0 Å². The van der Waals surface area contributed by atoms with Crippen LogP contribution in [0.25, 0.3) is 0 Å². The monoisotopic (exact) mass is 202 g/mol. The quantitative estimate of drug-likeness (QED) is 0.626. The Balaban J connectivity index is 2.07. The van der Waals surface area contributed by atoms with Crippen LogP contribution in [-0.4, -0.2) is 50.9 Å². The van der Waals surface area contributed by atoms with E-state index in [1.165, 1.54) is 5.06 Å². The van der Waals surface area contributed by atoms with Gasteiger partial charge in [-0.2, -0.15) is 0 Å². The van der Waals surface area contributed by atoms with E-state index >= 15 is 0 Å². The van der Waals surface area contributed by atoms with Gasteiger partial charge < -0.3 is 10.1 Å². The van der Waals surface area contributed by atoms with E-state index in [2.05, 4.69) is 5.32 Å². The molecule has 0 aromatic rings. The maximum atomic E-state index is 11.5. The Labute approximate surface area is 84.3 Å². The SMILES string of the molecule is COCCNCC(=O)N1CCCCO1. The number of carbonyl (C=O) groups excluding carboxylic acids is 1. The summed E-state index contributed by atoms with van der Waals surface area (Å²) in [4.78, 5) is 16.7. The molecule has 0 aliphatic carbocycles. The standard InChI is InChI=1S/C9H18N2O3/c1-13-7-4-10-8-9(12)11-5-2-3-6-14-11/h10H,2-8H2,1H3. The van der Waals surface area contributed by atoms with E-state index in [9.17, 15) is 4.79 Å². The molecule has 14 heavy (non-hydrogen) atoms.